The van der Waals surface area contributed by atoms with Gasteiger partial charge in [0.2, 0.25) is 0 Å². The first-order valence-corrected chi connectivity index (χ1v) is 22.1. The first kappa shape index (κ1) is 41.6. The number of furan rings is 1. The van der Waals surface area contributed by atoms with Gasteiger partial charge in [-0.1, -0.05) is 163 Å². The van der Waals surface area contributed by atoms with Crippen LogP contribution in [0.2, 0.25) is 0 Å². The van der Waals surface area contributed by atoms with Crippen LogP contribution < -0.4 is 0 Å². The summed E-state index contributed by atoms with van der Waals surface area (Å²) in [6, 6.07) is 78.6. The standard InChI is InChI=1S/C61H40N3O2.Pt/c1-39-33-46(37-54(62-39)42-21-15-22-43(34-42)55-35-45(40-17-5-2-6-18-40)36-56(63-55)53-27-13-14-30-57(53)65)60-51-26-12-11-25-50(51)59(64(60)47-23-9-4-10-24-47)44-31-32-49-52-29-16-28-48(41-19-7-3-8-20-41)61(52)66-58(49)38-44;/h2-33,35-38,65H,1H3;/q-1;. The van der Waals surface area contributed by atoms with Gasteiger partial charge in [-0.25, -0.2) is 0 Å². The molecule has 0 fully saturated rings. The third-order valence-electron chi connectivity index (χ3n) is 12.4. The molecule has 0 unspecified atom stereocenters. The predicted octanol–water partition coefficient (Wildman–Crippen LogP) is 15.8. The number of phenols is 1. The summed E-state index contributed by atoms with van der Waals surface area (Å²) in [6.07, 6.45) is 0. The van der Waals surface area contributed by atoms with Gasteiger partial charge in [-0.05, 0) is 77.7 Å². The Kier molecular flexibility index (Phi) is 10.8. The Hall–Kier alpha value is -8.11. The first-order valence-electron chi connectivity index (χ1n) is 22.1. The Morgan fingerprint density at radius 1 is 0.433 bits per heavy atom. The molecule has 0 amide bonds. The molecule has 0 bridgehead atoms. The molecule has 0 aliphatic heterocycles. The van der Waals surface area contributed by atoms with Crippen LogP contribution in [0.3, 0.4) is 0 Å². The zero-order valence-electron chi connectivity index (χ0n) is 36.3. The zero-order chi connectivity index (χ0) is 44.1. The van der Waals surface area contributed by atoms with E-state index in [9.17, 15) is 5.11 Å². The van der Waals surface area contributed by atoms with Gasteiger partial charge in [0.1, 0.15) is 16.9 Å². The minimum Gasteiger partial charge on any atom is -0.507 e. The Labute approximate surface area is 402 Å². The second-order valence-electron chi connectivity index (χ2n) is 16.6. The quantitative estimate of drug-likeness (QED) is 0.154. The summed E-state index contributed by atoms with van der Waals surface area (Å²) in [5, 5.41) is 15.3. The molecule has 0 aliphatic carbocycles. The number of aromatic hydroxyl groups is 1. The van der Waals surface area contributed by atoms with E-state index in [-0.39, 0.29) is 26.8 Å². The van der Waals surface area contributed by atoms with Crippen molar-refractivity contribution in [1.82, 2.24) is 14.5 Å². The van der Waals surface area contributed by atoms with Crippen molar-refractivity contribution in [3.05, 3.63) is 230 Å². The van der Waals surface area contributed by atoms with E-state index in [1.807, 2.05) is 60.7 Å². The van der Waals surface area contributed by atoms with Gasteiger partial charge in [0.25, 0.3) is 0 Å². The number of para-hydroxylation sites is 3. The van der Waals surface area contributed by atoms with E-state index >= 15 is 0 Å². The van der Waals surface area contributed by atoms with Crippen LogP contribution in [0.1, 0.15) is 5.69 Å². The molecule has 4 aromatic heterocycles. The molecule has 6 heteroatoms. The van der Waals surface area contributed by atoms with Crippen molar-refractivity contribution in [2.45, 2.75) is 6.92 Å². The smallest absolute Gasteiger partial charge is 0.143 e. The van der Waals surface area contributed by atoms with E-state index in [2.05, 4.69) is 169 Å². The molecule has 0 saturated heterocycles. The maximum atomic E-state index is 10.9. The van der Waals surface area contributed by atoms with Crippen LogP contribution in [0.5, 0.6) is 5.75 Å². The fraction of sp³-hybridized carbons (Fsp3) is 0.0164. The van der Waals surface area contributed by atoms with Gasteiger partial charge in [0, 0.05) is 82.1 Å². The average molecular weight is 1040 g/mol. The second kappa shape index (κ2) is 17.4. The minimum atomic E-state index is 0. The molecule has 0 spiro atoms. The summed E-state index contributed by atoms with van der Waals surface area (Å²) in [5.41, 5.74) is 16.7. The molecule has 4 heterocycles. The summed E-state index contributed by atoms with van der Waals surface area (Å²) < 4.78 is 9.19. The third kappa shape index (κ3) is 7.54. The van der Waals surface area contributed by atoms with Gasteiger partial charge >= 0.3 is 0 Å². The number of benzene rings is 8. The van der Waals surface area contributed by atoms with Crippen molar-refractivity contribution < 1.29 is 30.6 Å². The van der Waals surface area contributed by atoms with Crippen LogP contribution in [-0.4, -0.2) is 19.6 Å². The minimum absolute atomic E-state index is 0. The van der Waals surface area contributed by atoms with Crippen molar-refractivity contribution in [3.8, 4) is 90.0 Å². The summed E-state index contributed by atoms with van der Waals surface area (Å²) in [6.45, 7) is 2.05. The molecule has 1 N–H and O–H groups in total. The number of hydrogen-bond donors (Lipinski definition) is 1. The molecule has 0 radical (unpaired) electrons. The van der Waals surface area contributed by atoms with Gasteiger partial charge in [-0.15, -0.1) is 24.3 Å². The molecule has 0 aliphatic rings. The van der Waals surface area contributed by atoms with Crippen molar-refractivity contribution >= 4 is 32.7 Å². The first-order chi connectivity index (χ1) is 32.5. The van der Waals surface area contributed by atoms with Gasteiger partial charge in [0.15, 0.2) is 0 Å². The number of aryl methyl sites for hydroxylation is 1. The molecule has 67 heavy (non-hydrogen) atoms. The molecule has 0 atom stereocenters. The van der Waals surface area contributed by atoms with E-state index in [1.54, 1.807) is 6.07 Å². The van der Waals surface area contributed by atoms with Crippen LogP contribution >= 0.6 is 0 Å². The number of nitrogens with zero attached hydrogens (tertiary/aromatic N) is 3. The topological polar surface area (TPSA) is 64.1 Å². The van der Waals surface area contributed by atoms with Crippen molar-refractivity contribution in [3.63, 3.8) is 0 Å². The van der Waals surface area contributed by atoms with Crippen LogP contribution in [0.25, 0.3) is 117 Å². The fourth-order valence-corrected chi connectivity index (χ4v) is 9.45. The van der Waals surface area contributed by atoms with E-state index in [4.69, 9.17) is 14.4 Å². The van der Waals surface area contributed by atoms with Crippen LogP contribution in [0.15, 0.2) is 223 Å². The Morgan fingerprint density at radius 3 is 1.73 bits per heavy atom. The Balaban J connectivity index is 0.00000494. The number of phenolic OH excluding ortho intramolecular Hbond substituents is 1. The molecule has 0 saturated carbocycles. The van der Waals surface area contributed by atoms with Gasteiger partial charge in [-0.2, -0.15) is 0 Å². The number of aromatic nitrogens is 3. The molecule has 322 valence electrons. The SMILES string of the molecule is Cc1cc(-c2c3ccccc3c(-c3ccc4c(c3)oc3c(-c5ccccc5)cccc34)n2-c2ccccc2)cc(-c2[c-]c(-c3cc(-c4ccccc4)cc(-c4ccccc4O)n3)ccc2)n1.[Pt]. The van der Waals surface area contributed by atoms with Crippen LogP contribution in [0, 0.1) is 13.0 Å². The van der Waals surface area contributed by atoms with Gasteiger partial charge in [-0.3, -0.25) is 9.97 Å². The van der Waals surface area contributed by atoms with Gasteiger partial charge in [0.05, 0.1) is 17.1 Å². The second-order valence-corrected chi connectivity index (χ2v) is 16.6. The van der Waals surface area contributed by atoms with Crippen molar-refractivity contribution in [1.29, 1.82) is 0 Å². The maximum absolute atomic E-state index is 10.9. The largest absolute Gasteiger partial charge is 0.507 e. The van der Waals surface area contributed by atoms with Crippen molar-refractivity contribution in [2.75, 3.05) is 0 Å². The molecule has 12 aromatic rings. The van der Waals surface area contributed by atoms with Crippen molar-refractivity contribution in [2.24, 2.45) is 0 Å². The number of fused-ring (bicyclic) bond motifs is 4. The average Bonchev–Trinajstić information content (AvgIpc) is 3.93. The molecular formula is C61H40N3O2Pt-. The summed E-state index contributed by atoms with van der Waals surface area (Å²) in [7, 11) is 0. The molecule has 5 nitrogen and oxygen atoms in total. The number of rotatable bonds is 8. The normalized spacial score (nSPS) is 11.3. The fourth-order valence-electron chi connectivity index (χ4n) is 9.45. The third-order valence-corrected chi connectivity index (χ3v) is 12.4. The monoisotopic (exact) mass is 1040 g/mol. The van der Waals surface area contributed by atoms with E-state index in [0.29, 0.717) is 11.3 Å². The van der Waals surface area contributed by atoms with Crippen LogP contribution in [0.4, 0.5) is 0 Å². The number of pyridine rings is 2. The summed E-state index contributed by atoms with van der Waals surface area (Å²) in [4.78, 5) is 10.2. The summed E-state index contributed by atoms with van der Waals surface area (Å²) >= 11 is 0. The maximum Gasteiger partial charge on any atom is 0.143 e. The number of hydrogen-bond acceptors (Lipinski definition) is 4. The zero-order valence-corrected chi connectivity index (χ0v) is 38.6. The molecule has 8 aromatic carbocycles. The Bertz CT molecular complexity index is 3780. The van der Waals surface area contributed by atoms with Gasteiger partial charge < -0.3 is 14.1 Å². The van der Waals surface area contributed by atoms with E-state index in [1.165, 1.54) is 0 Å². The van der Waals surface area contributed by atoms with E-state index in [0.717, 1.165) is 111 Å². The summed E-state index contributed by atoms with van der Waals surface area (Å²) in [5.74, 6) is 0.179. The van der Waals surface area contributed by atoms with Crippen LogP contribution in [-0.2, 0) is 21.1 Å². The predicted molar refractivity (Wildman–Crippen MR) is 269 cm³/mol. The Morgan fingerprint density at radius 2 is 1.00 bits per heavy atom. The molecular weight excluding hydrogens is 1000 g/mol. The van der Waals surface area contributed by atoms with E-state index < -0.39 is 0 Å². The molecule has 12 rings (SSSR count).